The highest BCUT2D eigenvalue weighted by atomic mass is 16.7. The number of Topliss-reactive ketones (excluding diaryl/α,β-unsaturated/α-hetero) is 1. The molecule has 0 radical (unpaired) electrons. The first-order valence-corrected chi connectivity index (χ1v) is 17.8. The van der Waals surface area contributed by atoms with E-state index >= 15 is 0 Å². The van der Waals surface area contributed by atoms with Crippen molar-refractivity contribution in [2.45, 2.75) is 154 Å². The third kappa shape index (κ3) is 8.43. The van der Waals surface area contributed by atoms with E-state index in [1.165, 1.54) is 7.11 Å². The lowest BCUT2D eigenvalue weighted by Gasteiger charge is -2.45. The second-order valence-electron chi connectivity index (χ2n) is 15.5. The molecule has 0 bridgehead atoms. The van der Waals surface area contributed by atoms with E-state index in [0.717, 1.165) is 4.90 Å². The Labute approximate surface area is 285 Å². The molecule has 48 heavy (non-hydrogen) atoms. The van der Waals surface area contributed by atoms with Crippen molar-refractivity contribution >= 4 is 11.8 Å². The van der Waals surface area contributed by atoms with E-state index < -0.39 is 96.7 Å². The normalized spacial score (nSPS) is 49.9. The molecule has 0 amide bonds. The molecule has 13 nitrogen and oxygen atoms in total. The summed E-state index contributed by atoms with van der Waals surface area (Å²) < 4.78 is 43.0. The zero-order valence-corrected chi connectivity index (χ0v) is 30.7. The van der Waals surface area contributed by atoms with E-state index in [9.17, 15) is 24.9 Å². The first-order chi connectivity index (χ1) is 22.4. The van der Waals surface area contributed by atoms with Crippen LogP contribution in [0.3, 0.4) is 0 Å². The van der Waals surface area contributed by atoms with Crippen molar-refractivity contribution in [2.24, 2.45) is 29.6 Å². The standard InChI is InChI=1S/C35H61NO12/c1-16-14-35(15-43-35)32(40)19(4)27(37)18(3)22(7)46-33(41)21(6)31(47-26-13-25(42-11)28(38)23(8)45-26)20(5)30(16)48-34-29(39)24(36(9)10)12-17(2)44-34/h16-31,34,37-39H,12-15H2,1-11H3/p+1/t16-,17?,18-,19+,20+,21+,22+,23?,24?,25?,26?,27-,28?,29?,30-,31-,34?,35-/m0/s1. The Balaban J connectivity index is 1.75. The number of likely N-dealkylation sites (N-methyl/N-ethyl adjacent to an activating group) is 1. The molecule has 4 aliphatic rings. The summed E-state index contributed by atoms with van der Waals surface area (Å²) in [7, 11) is 5.49. The van der Waals surface area contributed by atoms with Gasteiger partial charge in [-0.15, -0.1) is 0 Å². The molecule has 4 heterocycles. The van der Waals surface area contributed by atoms with Gasteiger partial charge < -0.3 is 53.4 Å². The lowest BCUT2D eigenvalue weighted by Crippen LogP contribution is -3.12. The lowest BCUT2D eigenvalue weighted by molar-refractivity contribution is -0.893. The van der Waals surface area contributed by atoms with Crippen molar-refractivity contribution in [3.8, 4) is 0 Å². The van der Waals surface area contributed by atoms with Gasteiger partial charge in [-0.1, -0.05) is 27.7 Å². The molecular formula is C35H62NO12+. The second-order valence-corrected chi connectivity index (χ2v) is 15.5. The van der Waals surface area contributed by atoms with Gasteiger partial charge in [-0.3, -0.25) is 9.59 Å². The van der Waals surface area contributed by atoms with E-state index in [4.69, 9.17) is 33.2 Å². The molecule has 4 fully saturated rings. The maximum absolute atomic E-state index is 13.9. The minimum atomic E-state index is -1.09. The molecule has 4 rings (SSSR count). The van der Waals surface area contributed by atoms with E-state index in [0.29, 0.717) is 12.8 Å². The summed E-state index contributed by atoms with van der Waals surface area (Å²) in [6, 6.07) is -0.135. The van der Waals surface area contributed by atoms with Crippen molar-refractivity contribution in [3.05, 3.63) is 0 Å². The van der Waals surface area contributed by atoms with Crippen LogP contribution in [0.1, 0.15) is 74.7 Å². The average molecular weight is 689 g/mol. The maximum atomic E-state index is 13.9. The fourth-order valence-corrected chi connectivity index (χ4v) is 7.98. The van der Waals surface area contributed by atoms with Gasteiger partial charge in [0.2, 0.25) is 0 Å². The number of cyclic esters (lactones) is 1. The number of hydrogen-bond donors (Lipinski definition) is 4. The number of hydrogen-bond acceptors (Lipinski definition) is 12. The van der Waals surface area contributed by atoms with E-state index in [1.807, 2.05) is 34.9 Å². The van der Waals surface area contributed by atoms with Crippen LogP contribution in [0, 0.1) is 29.6 Å². The molecule has 278 valence electrons. The number of methoxy groups -OCH3 is 1. The predicted molar refractivity (Wildman–Crippen MR) is 173 cm³/mol. The molecular weight excluding hydrogens is 626 g/mol. The summed E-state index contributed by atoms with van der Waals surface area (Å²) in [5.74, 6) is -3.71. The largest absolute Gasteiger partial charge is 0.462 e. The number of aliphatic hydroxyl groups excluding tert-OH is 3. The zero-order chi connectivity index (χ0) is 35.8. The van der Waals surface area contributed by atoms with Gasteiger partial charge >= 0.3 is 5.97 Å². The van der Waals surface area contributed by atoms with Gasteiger partial charge in [-0.05, 0) is 40.0 Å². The third-order valence-electron chi connectivity index (χ3n) is 11.5. The number of aliphatic hydroxyl groups is 3. The molecule has 4 aliphatic heterocycles. The smallest absolute Gasteiger partial charge is 0.311 e. The minimum absolute atomic E-state index is 0.135. The predicted octanol–water partition coefficient (Wildman–Crippen LogP) is 0.491. The van der Waals surface area contributed by atoms with E-state index in [2.05, 4.69) is 0 Å². The van der Waals surface area contributed by atoms with Gasteiger partial charge in [0.15, 0.2) is 30.1 Å². The van der Waals surface area contributed by atoms with Crippen molar-refractivity contribution in [3.63, 3.8) is 0 Å². The Morgan fingerprint density at radius 3 is 2.02 bits per heavy atom. The number of carbonyl (C=O) groups excluding carboxylic acids is 2. The van der Waals surface area contributed by atoms with Gasteiger partial charge in [-0.25, -0.2) is 0 Å². The highest BCUT2D eigenvalue weighted by molar-refractivity contribution is 5.92. The number of nitrogens with one attached hydrogen (secondary N) is 1. The zero-order valence-electron chi connectivity index (χ0n) is 30.7. The minimum Gasteiger partial charge on any atom is -0.462 e. The SMILES string of the molecule is COC1CC(O[C@H]2[C@H](C)[C@@H](OC3OC(C)CC([NH+](C)C)C3O)[C@@H](C)C[C@]3(CO3)C(=O)[C@H](C)[C@@H](O)[C@@H](C)[C@@H](C)OC(=O)[C@@H]2C)OC(C)C1O. The Morgan fingerprint density at radius 2 is 1.44 bits per heavy atom. The molecule has 4 N–H and O–H groups in total. The Hall–Kier alpha value is -1.26. The number of carbonyl (C=O) groups is 2. The van der Waals surface area contributed by atoms with E-state index in [-0.39, 0.29) is 36.9 Å². The van der Waals surface area contributed by atoms with Crippen molar-refractivity contribution in [1.82, 2.24) is 0 Å². The number of esters is 1. The summed E-state index contributed by atoms with van der Waals surface area (Å²) in [6.45, 7) is 14.7. The van der Waals surface area contributed by atoms with Crippen LogP contribution in [0.4, 0.5) is 0 Å². The second kappa shape index (κ2) is 16.0. The summed E-state index contributed by atoms with van der Waals surface area (Å²) in [5.41, 5.74) is -1.09. The van der Waals surface area contributed by atoms with Crippen LogP contribution in [-0.4, -0.2) is 134 Å². The molecule has 8 unspecified atom stereocenters. The fraction of sp³-hybridized carbons (Fsp3) is 0.943. The summed E-state index contributed by atoms with van der Waals surface area (Å²) in [4.78, 5) is 28.8. The first-order valence-electron chi connectivity index (χ1n) is 17.8. The van der Waals surface area contributed by atoms with Gasteiger partial charge in [0.05, 0.1) is 63.2 Å². The summed E-state index contributed by atoms with van der Waals surface area (Å²) in [5, 5.41) is 33.3. The van der Waals surface area contributed by atoms with Crippen LogP contribution in [0.5, 0.6) is 0 Å². The van der Waals surface area contributed by atoms with Crippen LogP contribution >= 0.6 is 0 Å². The first kappa shape index (κ1) is 39.5. The Bertz CT molecular complexity index is 1090. The van der Waals surface area contributed by atoms with Gasteiger partial charge in [0.1, 0.15) is 18.2 Å². The number of ether oxygens (including phenoxy) is 7. The molecule has 0 aromatic carbocycles. The molecule has 13 heteroatoms. The van der Waals surface area contributed by atoms with Gasteiger partial charge in [-0.2, -0.15) is 0 Å². The highest BCUT2D eigenvalue weighted by Gasteiger charge is 2.57. The molecule has 0 saturated carbocycles. The van der Waals surface area contributed by atoms with Crippen molar-refractivity contribution in [2.75, 3.05) is 27.8 Å². The average Bonchev–Trinajstić information content (AvgIpc) is 3.82. The topological polar surface area (TPSA) is 167 Å². The van der Waals surface area contributed by atoms with Crippen LogP contribution in [0.2, 0.25) is 0 Å². The van der Waals surface area contributed by atoms with Crippen LogP contribution < -0.4 is 4.90 Å². The Morgan fingerprint density at radius 1 is 0.792 bits per heavy atom. The molecule has 18 atom stereocenters. The lowest BCUT2D eigenvalue weighted by atomic mass is 9.76. The fourth-order valence-electron chi connectivity index (χ4n) is 7.98. The molecule has 1 spiro atoms. The summed E-state index contributed by atoms with van der Waals surface area (Å²) in [6.07, 6.45) is -7.00. The number of rotatable bonds is 6. The Kier molecular flexibility index (Phi) is 13.1. The maximum Gasteiger partial charge on any atom is 0.311 e. The van der Waals surface area contributed by atoms with Crippen LogP contribution in [0.15, 0.2) is 0 Å². The molecule has 0 aliphatic carbocycles. The highest BCUT2D eigenvalue weighted by Crippen LogP contribution is 2.43. The number of ketones is 1. The quantitative estimate of drug-likeness (QED) is 0.226. The van der Waals surface area contributed by atoms with Gasteiger partial charge in [0.25, 0.3) is 0 Å². The van der Waals surface area contributed by atoms with Crippen molar-refractivity contribution in [1.29, 1.82) is 0 Å². The monoisotopic (exact) mass is 688 g/mol. The van der Waals surface area contributed by atoms with Gasteiger partial charge in [0, 0.05) is 37.7 Å². The molecule has 0 aromatic rings. The van der Waals surface area contributed by atoms with E-state index in [1.54, 1.807) is 34.6 Å². The van der Waals surface area contributed by atoms with Crippen LogP contribution in [-0.2, 0) is 42.7 Å². The molecule has 0 aromatic heterocycles. The van der Waals surface area contributed by atoms with Crippen LogP contribution in [0.25, 0.3) is 0 Å². The molecule has 4 saturated heterocycles. The third-order valence-corrected chi connectivity index (χ3v) is 11.5. The number of quaternary nitrogens is 1. The van der Waals surface area contributed by atoms with Crippen molar-refractivity contribution < 1.29 is 63.0 Å². The summed E-state index contributed by atoms with van der Waals surface area (Å²) >= 11 is 0. The number of epoxide rings is 1.